The zero-order chi connectivity index (χ0) is 69.8. The molecule has 3 rings (SSSR count). The molecule has 0 fully saturated rings. The first kappa shape index (κ1) is 80.7. The monoisotopic (exact) mass is 1350 g/mol. The smallest absolute Gasteiger partial charge is 0.407 e. The summed E-state index contributed by atoms with van der Waals surface area (Å²) in [5, 5.41) is 54.9. The van der Waals surface area contributed by atoms with Gasteiger partial charge in [-0.3, -0.25) is 48.6 Å². The number of hydrogen-bond acceptors (Lipinski definition) is 18. The van der Waals surface area contributed by atoms with Crippen LogP contribution < -0.4 is 37.9 Å². The molecule has 0 bridgehead atoms. The molecule has 0 saturated heterocycles. The maximum absolute atomic E-state index is 14.4. The van der Waals surface area contributed by atoms with Gasteiger partial charge >= 0.3 is 30.0 Å². The molecule has 2 aromatic carbocycles. The number of carboxylic acid groups (broad SMARTS) is 4. The predicted molar refractivity (Wildman–Crippen MR) is 344 cm³/mol. The number of amides is 6. The first-order valence-corrected chi connectivity index (χ1v) is 33.6. The average molecular weight is 1350 g/mol. The summed E-state index contributed by atoms with van der Waals surface area (Å²) in [6.07, 6.45) is 1.12. The topological polar surface area (TPSA) is 430 Å². The Morgan fingerprint density at radius 2 is 0.894 bits per heavy atom. The summed E-state index contributed by atoms with van der Waals surface area (Å²) in [6.45, 7) is 11.9. The number of hydrazine groups is 1. The van der Waals surface area contributed by atoms with Crippen molar-refractivity contribution in [3.8, 4) is 0 Å². The molecule has 12 N–H and O–H groups in total. The summed E-state index contributed by atoms with van der Waals surface area (Å²) in [5.74, 6) is -9.58. The molecule has 0 radical (unpaired) electrons. The van der Waals surface area contributed by atoms with E-state index in [0.717, 1.165) is 33.2 Å². The van der Waals surface area contributed by atoms with E-state index in [1.54, 1.807) is 20.8 Å². The van der Waals surface area contributed by atoms with Crippen LogP contribution in [0.1, 0.15) is 131 Å². The van der Waals surface area contributed by atoms with E-state index in [2.05, 4.69) is 39.2 Å². The lowest BCUT2D eigenvalue weighted by Crippen LogP contribution is -2.41. The summed E-state index contributed by atoms with van der Waals surface area (Å²) >= 11 is 0. The third-order valence-electron chi connectivity index (χ3n) is 16.4. The number of ether oxygens (including phenoxy) is 5. The van der Waals surface area contributed by atoms with Gasteiger partial charge in [-0.1, -0.05) is 70.7 Å². The minimum Gasteiger partial charge on any atom is -0.481 e. The van der Waals surface area contributed by atoms with Crippen molar-refractivity contribution in [1.82, 2.24) is 32.0 Å². The van der Waals surface area contributed by atoms with Crippen molar-refractivity contribution in [1.29, 1.82) is 0 Å². The van der Waals surface area contributed by atoms with Crippen molar-refractivity contribution >= 4 is 69.3 Å². The molecule has 2 aromatic rings. The fourth-order valence-electron chi connectivity index (χ4n) is 11.0. The van der Waals surface area contributed by atoms with Crippen molar-refractivity contribution in [3.63, 3.8) is 0 Å². The van der Waals surface area contributed by atoms with Gasteiger partial charge in [0, 0.05) is 69.2 Å². The quantitative estimate of drug-likeness (QED) is 0.0196. The van der Waals surface area contributed by atoms with Crippen LogP contribution in [0.2, 0.25) is 0 Å². The second-order valence-electron chi connectivity index (χ2n) is 23.9. The van der Waals surface area contributed by atoms with Crippen LogP contribution in [0.5, 0.6) is 0 Å². The zero-order valence-corrected chi connectivity index (χ0v) is 55.6. The summed E-state index contributed by atoms with van der Waals surface area (Å²) in [4.78, 5) is 127. The number of carbonyl (C=O) groups is 10. The Balaban J connectivity index is 1.87. The molecular weight excluding hydrogens is 1250 g/mol. The molecule has 0 aromatic heterocycles. The van der Waals surface area contributed by atoms with Gasteiger partial charge in [0.15, 0.2) is 9.84 Å². The number of carboxylic acids is 4. The molecule has 0 aliphatic heterocycles. The number of fused-ring (bicyclic) bond motifs is 2. The minimum atomic E-state index is -3.52. The molecule has 526 valence electrons. The Morgan fingerprint density at radius 3 is 1.33 bits per heavy atom. The molecule has 0 heterocycles. The molecule has 8 unspecified atom stereocenters. The Hall–Kier alpha value is -7.57. The first-order chi connectivity index (χ1) is 44.6. The molecule has 0 spiro atoms. The fraction of sp³-hybridized carbons (Fsp3) is 0.631. The van der Waals surface area contributed by atoms with E-state index in [-0.39, 0.29) is 149 Å². The van der Waals surface area contributed by atoms with Crippen LogP contribution in [0.25, 0.3) is 0 Å². The highest BCUT2D eigenvalue weighted by atomic mass is 32.2. The number of nitrogens with one attached hydrogen (secondary N) is 6. The summed E-state index contributed by atoms with van der Waals surface area (Å²) in [7, 11) is -3.52. The van der Waals surface area contributed by atoms with E-state index >= 15 is 0 Å². The second-order valence-corrected chi connectivity index (χ2v) is 25.9. The zero-order valence-electron chi connectivity index (χ0n) is 54.8. The van der Waals surface area contributed by atoms with Gasteiger partial charge in [-0.25, -0.2) is 19.1 Å². The largest absolute Gasteiger partial charge is 0.481 e. The number of alkyl carbamates (subject to hydrolysis) is 1. The lowest BCUT2D eigenvalue weighted by atomic mass is 9.76. The molecule has 29 heteroatoms. The lowest BCUT2D eigenvalue weighted by molar-refractivity contribution is -0.144. The number of rotatable bonds is 48. The van der Waals surface area contributed by atoms with E-state index in [4.69, 9.17) is 29.5 Å². The average Bonchev–Trinajstić information content (AvgIpc) is 0.830. The second kappa shape index (κ2) is 43.4. The van der Waals surface area contributed by atoms with Crippen LogP contribution in [0.15, 0.2) is 48.4 Å². The van der Waals surface area contributed by atoms with Crippen LogP contribution in [0, 0.1) is 41.4 Å². The standard InChI is InChI=1S/C65H99N7O21S/c1-7-94(87,88)31-30-93-65(86)71-21-25-92-29-28-90-23-19-69-58(75)41(2)32-54(59(76)70-20-24-91-27-26-89-22-18-67-45(6)73)39-55(60(77)68-17-16-57(74)72-66)40-56(64(84)85)38-53(35-44(5)63(82)83)51-15-11-47-8-12-48-36-50(14-10-46(48)9-13-49(47)37-51)52(33-42(3)61(78)79)34-43(4)62(80)81/h7,10-11,14-15,36-37,41-44,52-56H,1,8-9,12-13,16-35,38-40,66H2,2-6H3,(H,67,73)(H,68,77)(H,69,75)(H,70,76)(H,71,86)(H,72,74)(H,78,79)(H,80,81)(H,82,83)(H,84,85). The van der Waals surface area contributed by atoms with Gasteiger partial charge in [0.25, 0.3) is 0 Å². The van der Waals surface area contributed by atoms with E-state index in [1.165, 1.54) is 13.8 Å². The van der Waals surface area contributed by atoms with Gasteiger partial charge < -0.3 is 70.7 Å². The number of sulfone groups is 1. The number of hydrogen-bond donors (Lipinski definition) is 11. The third-order valence-corrected chi connectivity index (χ3v) is 17.7. The van der Waals surface area contributed by atoms with Crippen LogP contribution in [-0.4, -0.2) is 186 Å². The first-order valence-electron chi connectivity index (χ1n) is 31.9. The van der Waals surface area contributed by atoms with Gasteiger partial charge in [-0.2, -0.15) is 0 Å². The van der Waals surface area contributed by atoms with Crippen LogP contribution >= 0.6 is 0 Å². The third kappa shape index (κ3) is 31.6. The van der Waals surface area contributed by atoms with Crippen molar-refractivity contribution < 1.29 is 100 Å². The van der Waals surface area contributed by atoms with Gasteiger partial charge in [0.1, 0.15) is 6.61 Å². The predicted octanol–water partition coefficient (Wildman–Crippen LogP) is 3.42. The number of aliphatic carboxylic acids is 4. The molecular formula is C65H99N7O21S. The molecule has 6 amide bonds. The molecule has 0 saturated carbocycles. The SMILES string of the molecule is C=CS(=O)(=O)CCOC(=O)NCCOCCOCCNC(=O)C(C)CC(CC(CC(CC(CC(C)C(=O)O)c1ccc2c(c1)CCc1ccc(C(CC(C)C(=O)O)CC(C)C(=O)O)cc1CC2)C(=O)O)C(=O)NCCC(=O)NN)C(=O)NCCOCCOCCNC(C)=O. The summed E-state index contributed by atoms with van der Waals surface area (Å²) < 4.78 is 49.9. The van der Waals surface area contributed by atoms with E-state index in [0.29, 0.717) is 37.8 Å². The normalized spacial score (nSPS) is 15.0. The van der Waals surface area contributed by atoms with E-state index in [9.17, 15) is 76.8 Å². The van der Waals surface area contributed by atoms with Gasteiger partial charge in [-0.15, -0.1) is 0 Å². The van der Waals surface area contributed by atoms with Crippen molar-refractivity contribution in [3.05, 3.63) is 81.8 Å². The highest BCUT2D eigenvalue weighted by Crippen LogP contribution is 2.38. The van der Waals surface area contributed by atoms with Gasteiger partial charge in [0.05, 0.1) is 82.3 Å². The number of carbonyl (C=O) groups excluding carboxylic acids is 6. The van der Waals surface area contributed by atoms with Crippen LogP contribution in [0.3, 0.4) is 0 Å². The molecule has 8 atom stereocenters. The van der Waals surface area contributed by atoms with Crippen molar-refractivity contribution in [2.24, 2.45) is 47.3 Å². The van der Waals surface area contributed by atoms with Gasteiger partial charge in [0.2, 0.25) is 29.5 Å². The highest BCUT2D eigenvalue weighted by Gasteiger charge is 2.36. The highest BCUT2D eigenvalue weighted by molar-refractivity contribution is 7.94. The van der Waals surface area contributed by atoms with E-state index < -0.39 is 117 Å². The molecule has 1 aliphatic carbocycles. The number of nitrogens with two attached hydrogens (primary N) is 1. The fourth-order valence-corrected chi connectivity index (χ4v) is 11.5. The Morgan fingerprint density at radius 1 is 0.489 bits per heavy atom. The Bertz CT molecular complexity index is 2910. The van der Waals surface area contributed by atoms with Gasteiger partial charge in [-0.05, 0) is 116 Å². The summed E-state index contributed by atoms with van der Waals surface area (Å²) in [6, 6.07) is 11.8. The molecule has 94 heavy (non-hydrogen) atoms. The molecule has 1 aliphatic rings. The Labute approximate surface area is 550 Å². The Kier molecular flexibility index (Phi) is 37.3. The van der Waals surface area contributed by atoms with E-state index in [1.807, 2.05) is 35.8 Å². The summed E-state index contributed by atoms with van der Waals surface area (Å²) in [5.41, 5.74) is 7.71. The minimum absolute atomic E-state index is 0.00261. The van der Waals surface area contributed by atoms with Crippen molar-refractivity contribution in [2.75, 3.05) is 97.9 Å². The maximum Gasteiger partial charge on any atom is 0.407 e. The van der Waals surface area contributed by atoms with Crippen molar-refractivity contribution in [2.45, 2.75) is 124 Å². The van der Waals surface area contributed by atoms with Crippen LogP contribution in [0.4, 0.5) is 4.79 Å². The molecule has 28 nitrogen and oxygen atoms in total. The van der Waals surface area contributed by atoms with Crippen LogP contribution in [-0.2, 0) is 102 Å². The maximum atomic E-state index is 14.4. The lowest BCUT2D eigenvalue weighted by Gasteiger charge is -2.29. The number of aryl methyl sites for hydroxylation is 4. The number of benzene rings is 2.